The Hall–Kier alpha value is -1.84. The number of hydrogen-bond acceptors (Lipinski definition) is 13. The highest BCUT2D eigenvalue weighted by Crippen LogP contribution is 2.43. The predicted molar refractivity (Wildman–Crippen MR) is 226 cm³/mol. The Bertz CT molecular complexity index is 995. The van der Waals surface area contributed by atoms with Gasteiger partial charge in [-0.3, -0.25) is 18.6 Å². The molecule has 4 N–H and O–H groups in total. The van der Waals surface area contributed by atoms with Crippen LogP contribution in [-0.4, -0.2) is 108 Å². The van der Waals surface area contributed by atoms with Gasteiger partial charge in [-0.15, -0.1) is 0 Å². The standard InChI is InChI=1S/C42H83N2O13P/c1-3-5-7-9-11-13-15-17-19-21-23-25-40(45)54-37-39(57-41(46)26-24-22-20-18-16-14-12-10-8-6-4-2)38-56-58(48,49)55-30-28-44-42(47)53-36-35-52-34-33-51-32-31-50-29-27-43/h39H,3-38,43H2,1-2H3,(H,44,47)(H,48,49)/t39-/m1/s1. The zero-order valence-corrected chi connectivity index (χ0v) is 37.3. The number of phosphoric ester groups is 1. The fraction of sp³-hybridized carbons (Fsp3) is 0.929. The molecule has 0 fully saturated rings. The van der Waals surface area contributed by atoms with Gasteiger partial charge >= 0.3 is 25.9 Å². The molecule has 1 amide bonds. The number of alkyl carbamates (subject to hydrolysis) is 1. The molecule has 0 aromatic carbocycles. The van der Waals surface area contributed by atoms with Gasteiger partial charge < -0.3 is 44.4 Å². The molecule has 0 aliphatic heterocycles. The normalized spacial score (nSPS) is 12.9. The van der Waals surface area contributed by atoms with Gasteiger partial charge in [0.2, 0.25) is 0 Å². The first kappa shape index (κ1) is 56.2. The van der Waals surface area contributed by atoms with E-state index in [9.17, 15) is 23.8 Å². The summed E-state index contributed by atoms with van der Waals surface area (Å²) in [5.74, 6) is -0.921. The number of amides is 1. The highest BCUT2D eigenvalue weighted by Gasteiger charge is 2.26. The lowest BCUT2D eigenvalue weighted by atomic mass is 10.1. The quantitative estimate of drug-likeness (QED) is 0.0227. The van der Waals surface area contributed by atoms with Crippen molar-refractivity contribution in [2.75, 3.05) is 79.2 Å². The van der Waals surface area contributed by atoms with Crippen LogP contribution in [0.5, 0.6) is 0 Å². The van der Waals surface area contributed by atoms with Crippen molar-refractivity contribution < 1.29 is 61.3 Å². The molecule has 0 aliphatic carbocycles. The van der Waals surface area contributed by atoms with Crippen LogP contribution < -0.4 is 11.1 Å². The van der Waals surface area contributed by atoms with Crippen LogP contribution >= 0.6 is 7.82 Å². The molecule has 0 aromatic heterocycles. The maximum absolute atomic E-state index is 12.7. The summed E-state index contributed by atoms with van der Waals surface area (Å²) in [5, 5.41) is 2.40. The first-order valence-corrected chi connectivity index (χ1v) is 24.0. The van der Waals surface area contributed by atoms with Crippen molar-refractivity contribution in [3.63, 3.8) is 0 Å². The summed E-state index contributed by atoms with van der Waals surface area (Å²) in [7, 11) is -4.60. The number of phosphoric acid groups is 1. The van der Waals surface area contributed by atoms with Crippen LogP contribution in [-0.2, 0) is 51.6 Å². The number of ether oxygens (including phenoxy) is 6. The SMILES string of the molecule is CCCCCCCCCCCCCC(=O)OC[C@H](COP(=O)(O)OCCNC(=O)OCCOCCOCCOCCN)OC(=O)CCCCCCCCCCCCC. The molecular weight excluding hydrogens is 771 g/mol. The number of unbranched alkanes of at least 4 members (excludes halogenated alkanes) is 20. The third-order valence-corrected chi connectivity index (χ3v) is 10.2. The molecule has 0 radical (unpaired) electrons. The predicted octanol–water partition coefficient (Wildman–Crippen LogP) is 8.71. The van der Waals surface area contributed by atoms with Crippen molar-refractivity contribution in [1.82, 2.24) is 5.32 Å². The topological polar surface area (TPSA) is 200 Å². The molecule has 0 aromatic rings. The molecule has 0 aliphatic rings. The van der Waals surface area contributed by atoms with E-state index in [-0.39, 0.29) is 45.8 Å². The minimum atomic E-state index is -4.60. The van der Waals surface area contributed by atoms with E-state index in [2.05, 4.69) is 19.2 Å². The number of nitrogens with two attached hydrogens (primary N) is 1. The van der Waals surface area contributed by atoms with Crippen LogP contribution in [0.3, 0.4) is 0 Å². The Kier molecular flexibility index (Phi) is 41.9. The van der Waals surface area contributed by atoms with Gasteiger partial charge in [0.05, 0.1) is 52.9 Å². The van der Waals surface area contributed by atoms with Crippen molar-refractivity contribution in [2.45, 2.75) is 174 Å². The molecule has 2 atom stereocenters. The first-order valence-electron chi connectivity index (χ1n) is 22.5. The van der Waals surface area contributed by atoms with Crippen molar-refractivity contribution in [3.8, 4) is 0 Å². The van der Waals surface area contributed by atoms with Crippen LogP contribution in [0.15, 0.2) is 0 Å². The second-order valence-corrected chi connectivity index (χ2v) is 16.1. The monoisotopic (exact) mass is 855 g/mol. The summed E-state index contributed by atoms with van der Waals surface area (Å²) in [6.45, 7) is 5.79. The van der Waals surface area contributed by atoms with Gasteiger partial charge in [-0.25, -0.2) is 9.36 Å². The summed E-state index contributed by atoms with van der Waals surface area (Å²) in [6.07, 6.45) is 24.0. The van der Waals surface area contributed by atoms with Crippen LogP contribution in [0.1, 0.15) is 168 Å². The smallest absolute Gasteiger partial charge is 0.462 e. The zero-order valence-electron chi connectivity index (χ0n) is 36.4. The van der Waals surface area contributed by atoms with E-state index in [1.54, 1.807) is 0 Å². The third-order valence-electron chi connectivity index (χ3n) is 9.21. The maximum atomic E-state index is 12.7. The molecule has 16 heteroatoms. The fourth-order valence-electron chi connectivity index (χ4n) is 5.88. The molecule has 0 bridgehead atoms. The lowest BCUT2D eigenvalue weighted by Crippen LogP contribution is -2.30. The zero-order chi connectivity index (χ0) is 42.6. The third kappa shape index (κ3) is 42.3. The average Bonchev–Trinajstić information content (AvgIpc) is 3.20. The lowest BCUT2D eigenvalue weighted by molar-refractivity contribution is -0.161. The summed E-state index contributed by atoms with van der Waals surface area (Å²) in [6, 6.07) is 0. The van der Waals surface area contributed by atoms with Gasteiger partial charge in [0.1, 0.15) is 13.2 Å². The molecule has 58 heavy (non-hydrogen) atoms. The summed E-state index contributed by atoms with van der Waals surface area (Å²) < 4.78 is 54.4. The molecular formula is C42H83N2O13P. The van der Waals surface area contributed by atoms with Crippen molar-refractivity contribution in [2.24, 2.45) is 5.73 Å². The van der Waals surface area contributed by atoms with E-state index < -0.39 is 38.6 Å². The van der Waals surface area contributed by atoms with Crippen molar-refractivity contribution >= 4 is 25.9 Å². The molecule has 0 rings (SSSR count). The molecule has 1 unspecified atom stereocenters. The van der Waals surface area contributed by atoms with Gasteiger partial charge in [-0.05, 0) is 12.8 Å². The Labute approximate surface area is 350 Å². The van der Waals surface area contributed by atoms with Gasteiger partial charge in [0.25, 0.3) is 0 Å². The number of nitrogens with one attached hydrogen (secondary N) is 1. The van der Waals surface area contributed by atoms with E-state index in [1.165, 1.54) is 89.9 Å². The first-order chi connectivity index (χ1) is 28.2. The van der Waals surface area contributed by atoms with Crippen molar-refractivity contribution in [3.05, 3.63) is 0 Å². The molecule has 0 saturated carbocycles. The van der Waals surface area contributed by atoms with Crippen LogP contribution in [0.4, 0.5) is 4.79 Å². The van der Waals surface area contributed by atoms with Crippen LogP contribution in [0.25, 0.3) is 0 Å². The molecule has 0 heterocycles. The van der Waals surface area contributed by atoms with Gasteiger partial charge in [0, 0.05) is 25.9 Å². The van der Waals surface area contributed by atoms with E-state index in [0.717, 1.165) is 38.5 Å². The number of rotatable bonds is 45. The Morgan fingerprint density at radius 1 is 0.534 bits per heavy atom. The van der Waals surface area contributed by atoms with E-state index in [0.29, 0.717) is 52.4 Å². The second kappa shape index (κ2) is 43.3. The van der Waals surface area contributed by atoms with E-state index >= 15 is 0 Å². The minimum absolute atomic E-state index is 0.00283. The highest BCUT2D eigenvalue weighted by atomic mass is 31.2. The molecule has 0 saturated heterocycles. The number of esters is 2. The number of hydrogen-bond donors (Lipinski definition) is 3. The largest absolute Gasteiger partial charge is 0.472 e. The lowest BCUT2D eigenvalue weighted by Gasteiger charge is -2.20. The average molecular weight is 855 g/mol. The summed E-state index contributed by atoms with van der Waals surface area (Å²) in [4.78, 5) is 47.3. The second-order valence-electron chi connectivity index (χ2n) is 14.7. The van der Waals surface area contributed by atoms with E-state index in [4.69, 9.17) is 43.2 Å². The Morgan fingerprint density at radius 2 is 0.966 bits per heavy atom. The van der Waals surface area contributed by atoms with Gasteiger partial charge in [-0.2, -0.15) is 0 Å². The fourth-order valence-corrected chi connectivity index (χ4v) is 6.64. The molecule has 15 nitrogen and oxygen atoms in total. The van der Waals surface area contributed by atoms with Gasteiger partial charge in [0.15, 0.2) is 6.10 Å². The number of carbonyl (C=O) groups excluding carboxylic acids is 3. The molecule has 0 spiro atoms. The minimum Gasteiger partial charge on any atom is -0.462 e. The van der Waals surface area contributed by atoms with Crippen LogP contribution in [0.2, 0.25) is 0 Å². The maximum Gasteiger partial charge on any atom is 0.472 e. The van der Waals surface area contributed by atoms with Gasteiger partial charge in [-0.1, -0.05) is 142 Å². The van der Waals surface area contributed by atoms with Crippen molar-refractivity contribution in [1.29, 1.82) is 0 Å². The van der Waals surface area contributed by atoms with E-state index in [1.807, 2.05) is 0 Å². The molecule has 344 valence electrons. The Balaban J connectivity index is 4.49. The van der Waals surface area contributed by atoms with Crippen LogP contribution in [0, 0.1) is 0 Å². The Morgan fingerprint density at radius 3 is 1.45 bits per heavy atom. The summed E-state index contributed by atoms with van der Waals surface area (Å²) >= 11 is 0. The summed E-state index contributed by atoms with van der Waals surface area (Å²) in [5.41, 5.74) is 5.34. The highest BCUT2D eigenvalue weighted by molar-refractivity contribution is 7.47. The number of carbonyl (C=O) groups is 3.